The van der Waals surface area contributed by atoms with Gasteiger partial charge in [-0.1, -0.05) is 56.3 Å². The van der Waals surface area contributed by atoms with E-state index in [1.165, 1.54) is 5.56 Å². The van der Waals surface area contributed by atoms with E-state index in [-0.39, 0.29) is 5.69 Å². The number of aryl methyl sites for hydroxylation is 1. The predicted molar refractivity (Wildman–Crippen MR) is 94.8 cm³/mol. The molecule has 0 fully saturated rings. The third-order valence-electron chi connectivity index (χ3n) is 4.15. The number of carboxylic acids is 1. The predicted octanol–water partition coefficient (Wildman–Crippen LogP) is 4.67. The number of carboxylic acid groups (broad SMARTS) is 1. The summed E-state index contributed by atoms with van der Waals surface area (Å²) in [5, 5.41) is 13.6. The number of aromatic nitrogens is 2. The topological polar surface area (TPSA) is 55.1 Å². The Morgan fingerprint density at radius 3 is 2.33 bits per heavy atom. The van der Waals surface area contributed by atoms with Crippen LogP contribution in [0.25, 0.3) is 16.9 Å². The Hall–Kier alpha value is -2.88. The second kappa shape index (κ2) is 6.32. The lowest BCUT2D eigenvalue weighted by Gasteiger charge is -2.11. The highest BCUT2D eigenvalue weighted by atomic mass is 16.4. The number of benzene rings is 2. The van der Waals surface area contributed by atoms with E-state index in [1.54, 1.807) is 10.7 Å². The first-order valence-corrected chi connectivity index (χ1v) is 7.97. The molecule has 0 aliphatic heterocycles. The summed E-state index contributed by atoms with van der Waals surface area (Å²) in [6.07, 6.45) is 0. The van der Waals surface area contributed by atoms with Gasteiger partial charge in [-0.3, -0.25) is 0 Å². The van der Waals surface area contributed by atoms with E-state index in [0.29, 0.717) is 5.92 Å². The monoisotopic (exact) mass is 320 g/mol. The first-order valence-electron chi connectivity index (χ1n) is 7.97. The Bertz CT molecular complexity index is 877. The van der Waals surface area contributed by atoms with Crippen LogP contribution >= 0.6 is 0 Å². The summed E-state index contributed by atoms with van der Waals surface area (Å²) in [5.74, 6) is -0.572. The summed E-state index contributed by atoms with van der Waals surface area (Å²) in [4.78, 5) is 11.4. The minimum atomic E-state index is -1.03. The van der Waals surface area contributed by atoms with Gasteiger partial charge in [0.25, 0.3) is 0 Å². The van der Waals surface area contributed by atoms with Crippen LogP contribution in [0.3, 0.4) is 0 Å². The maximum Gasteiger partial charge on any atom is 0.356 e. The minimum Gasteiger partial charge on any atom is -0.476 e. The summed E-state index contributed by atoms with van der Waals surface area (Å²) in [7, 11) is 0. The second-order valence-corrected chi connectivity index (χ2v) is 6.19. The summed E-state index contributed by atoms with van der Waals surface area (Å²) in [5.41, 5.74) is 4.94. The van der Waals surface area contributed by atoms with E-state index in [9.17, 15) is 9.90 Å². The highest BCUT2D eigenvalue weighted by molar-refractivity contribution is 5.87. The van der Waals surface area contributed by atoms with Crippen LogP contribution in [0.4, 0.5) is 0 Å². The Balaban J connectivity index is 2.16. The maximum absolute atomic E-state index is 11.4. The van der Waals surface area contributed by atoms with Gasteiger partial charge >= 0.3 is 5.97 Å². The highest BCUT2D eigenvalue weighted by Crippen LogP contribution is 2.27. The molecule has 0 radical (unpaired) electrons. The fraction of sp³-hybridized carbons (Fsp3) is 0.200. The van der Waals surface area contributed by atoms with E-state index in [2.05, 4.69) is 31.1 Å². The number of aromatic carboxylic acids is 1. The molecule has 1 heterocycles. The van der Waals surface area contributed by atoms with Crippen molar-refractivity contribution in [1.29, 1.82) is 0 Å². The number of nitrogens with zero attached hydrogens (tertiary/aromatic N) is 2. The highest BCUT2D eigenvalue weighted by Gasteiger charge is 2.17. The van der Waals surface area contributed by atoms with E-state index < -0.39 is 5.97 Å². The van der Waals surface area contributed by atoms with Crippen LogP contribution in [0.2, 0.25) is 0 Å². The van der Waals surface area contributed by atoms with E-state index in [4.69, 9.17) is 0 Å². The molecule has 3 rings (SSSR count). The van der Waals surface area contributed by atoms with E-state index >= 15 is 0 Å². The van der Waals surface area contributed by atoms with Crippen LogP contribution in [0.1, 0.15) is 41.4 Å². The van der Waals surface area contributed by atoms with Gasteiger partial charge in [-0.15, -0.1) is 0 Å². The lowest BCUT2D eigenvalue weighted by atomic mass is 10.0. The zero-order valence-electron chi connectivity index (χ0n) is 14.0. The van der Waals surface area contributed by atoms with Crippen molar-refractivity contribution in [2.45, 2.75) is 26.7 Å². The van der Waals surface area contributed by atoms with Crippen LogP contribution in [0.15, 0.2) is 54.6 Å². The number of para-hydroxylation sites is 1. The molecule has 24 heavy (non-hydrogen) atoms. The van der Waals surface area contributed by atoms with Gasteiger partial charge in [-0.05, 0) is 36.1 Å². The normalized spacial score (nSPS) is 11.0. The Kier molecular flexibility index (Phi) is 4.21. The summed E-state index contributed by atoms with van der Waals surface area (Å²) in [6, 6.07) is 17.6. The Morgan fingerprint density at radius 2 is 1.75 bits per heavy atom. The smallest absolute Gasteiger partial charge is 0.356 e. The van der Waals surface area contributed by atoms with Gasteiger partial charge in [0.1, 0.15) is 0 Å². The molecule has 0 aliphatic rings. The standard InChI is InChI=1S/C20H20N2O2/c1-13(2)15-8-10-16(11-9-15)19-12-17(20(23)24)21-22(19)18-7-5-4-6-14(18)3/h4-13H,1-3H3,(H,23,24). The summed E-state index contributed by atoms with van der Waals surface area (Å²) in [6.45, 7) is 6.29. The summed E-state index contributed by atoms with van der Waals surface area (Å²) >= 11 is 0. The molecule has 0 bridgehead atoms. The SMILES string of the molecule is Cc1ccccc1-n1nc(C(=O)O)cc1-c1ccc(C(C)C)cc1. The van der Waals surface area contributed by atoms with Crippen molar-refractivity contribution in [3.63, 3.8) is 0 Å². The van der Waals surface area contributed by atoms with Crippen LogP contribution in [-0.4, -0.2) is 20.9 Å². The first-order chi connectivity index (χ1) is 11.5. The molecule has 0 spiro atoms. The quantitative estimate of drug-likeness (QED) is 0.760. The zero-order valence-corrected chi connectivity index (χ0v) is 14.0. The molecule has 0 amide bonds. The van der Waals surface area contributed by atoms with Crippen molar-refractivity contribution >= 4 is 5.97 Å². The van der Waals surface area contributed by atoms with Crippen LogP contribution < -0.4 is 0 Å². The number of hydrogen-bond donors (Lipinski definition) is 1. The molecule has 0 aliphatic carbocycles. The Morgan fingerprint density at radius 1 is 1.08 bits per heavy atom. The molecule has 2 aromatic carbocycles. The molecule has 0 saturated heterocycles. The average Bonchev–Trinajstić information content (AvgIpc) is 3.00. The first kappa shape index (κ1) is 16.0. The fourth-order valence-corrected chi connectivity index (χ4v) is 2.71. The van der Waals surface area contributed by atoms with Gasteiger partial charge in [0, 0.05) is 5.56 Å². The molecule has 4 heteroatoms. The van der Waals surface area contributed by atoms with Crippen molar-refractivity contribution in [2.75, 3.05) is 0 Å². The second-order valence-electron chi connectivity index (χ2n) is 6.19. The van der Waals surface area contributed by atoms with Crippen molar-refractivity contribution in [3.8, 4) is 16.9 Å². The van der Waals surface area contributed by atoms with Crippen LogP contribution in [-0.2, 0) is 0 Å². The Labute approximate surface area is 141 Å². The minimum absolute atomic E-state index is 0.0428. The van der Waals surface area contributed by atoms with Crippen molar-refractivity contribution < 1.29 is 9.90 Å². The molecular formula is C20H20N2O2. The molecule has 1 aromatic heterocycles. The van der Waals surface area contributed by atoms with Gasteiger partial charge in [-0.25, -0.2) is 9.48 Å². The molecule has 122 valence electrons. The van der Waals surface area contributed by atoms with E-state index in [1.807, 2.05) is 43.3 Å². The van der Waals surface area contributed by atoms with Gasteiger partial charge in [-0.2, -0.15) is 5.10 Å². The largest absolute Gasteiger partial charge is 0.476 e. The third-order valence-corrected chi connectivity index (χ3v) is 4.15. The maximum atomic E-state index is 11.4. The molecule has 0 saturated carbocycles. The number of carbonyl (C=O) groups is 1. The molecule has 1 N–H and O–H groups in total. The van der Waals surface area contributed by atoms with Crippen molar-refractivity contribution in [2.24, 2.45) is 0 Å². The lowest BCUT2D eigenvalue weighted by molar-refractivity contribution is 0.0690. The summed E-state index contributed by atoms with van der Waals surface area (Å²) < 4.78 is 1.71. The average molecular weight is 320 g/mol. The van der Waals surface area contributed by atoms with Gasteiger partial charge in [0.05, 0.1) is 11.4 Å². The van der Waals surface area contributed by atoms with Gasteiger partial charge in [0.15, 0.2) is 5.69 Å². The molecule has 0 atom stereocenters. The van der Waals surface area contributed by atoms with Crippen LogP contribution in [0.5, 0.6) is 0 Å². The van der Waals surface area contributed by atoms with Gasteiger partial charge < -0.3 is 5.11 Å². The van der Waals surface area contributed by atoms with Gasteiger partial charge in [0.2, 0.25) is 0 Å². The number of rotatable bonds is 4. The molecule has 0 unspecified atom stereocenters. The lowest BCUT2D eigenvalue weighted by Crippen LogP contribution is -2.03. The fourth-order valence-electron chi connectivity index (χ4n) is 2.71. The van der Waals surface area contributed by atoms with Crippen molar-refractivity contribution in [3.05, 3.63) is 71.4 Å². The molecule has 3 aromatic rings. The van der Waals surface area contributed by atoms with E-state index in [0.717, 1.165) is 22.5 Å². The zero-order chi connectivity index (χ0) is 17.3. The van der Waals surface area contributed by atoms with Crippen LogP contribution in [0, 0.1) is 6.92 Å². The molecule has 4 nitrogen and oxygen atoms in total. The molecular weight excluding hydrogens is 300 g/mol. The van der Waals surface area contributed by atoms with Crippen molar-refractivity contribution in [1.82, 2.24) is 9.78 Å². The number of hydrogen-bond acceptors (Lipinski definition) is 2. The third kappa shape index (κ3) is 2.95.